The highest BCUT2D eigenvalue weighted by molar-refractivity contribution is 5.95. The molecule has 0 aliphatic carbocycles. The zero-order chi connectivity index (χ0) is 21.5. The van der Waals surface area contributed by atoms with Crippen molar-refractivity contribution >= 4 is 11.7 Å². The Labute approximate surface area is 175 Å². The van der Waals surface area contributed by atoms with E-state index in [1.165, 1.54) is 6.07 Å². The molecule has 0 saturated carbocycles. The second kappa shape index (κ2) is 10.3. The maximum Gasteiger partial charge on any atom is 0.258 e. The third-order valence-electron chi connectivity index (χ3n) is 5.21. The second-order valence-electron chi connectivity index (χ2n) is 7.46. The standard InChI is InChI=1S/C23H26F2N2O3/c1-2-22(28)17-4-6-19(7-5-17)30-15-23(29)26-18-9-11-27(12-10-18)14-16-3-8-20(24)21(25)13-16/h3-8,13,18H,2,9-12,14-15H2,1H3,(H,26,29). The molecule has 1 N–H and O–H groups in total. The van der Waals surface area contributed by atoms with Crippen LogP contribution in [0.15, 0.2) is 42.5 Å². The number of amides is 1. The lowest BCUT2D eigenvalue weighted by molar-refractivity contribution is -0.124. The molecule has 160 valence electrons. The van der Waals surface area contributed by atoms with Crippen LogP contribution in [0.4, 0.5) is 8.78 Å². The number of hydrogen-bond acceptors (Lipinski definition) is 4. The molecule has 3 rings (SSSR count). The van der Waals surface area contributed by atoms with Gasteiger partial charge in [0.15, 0.2) is 24.0 Å². The van der Waals surface area contributed by atoms with Gasteiger partial charge in [0.05, 0.1) is 0 Å². The minimum absolute atomic E-state index is 0.0619. The summed E-state index contributed by atoms with van der Waals surface area (Å²) in [5, 5.41) is 2.97. The van der Waals surface area contributed by atoms with Gasteiger partial charge >= 0.3 is 0 Å². The first-order valence-corrected chi connectivity index (χ1v) is 10.2. The van der Waals surface area contributed by atoms with Crippen LogP contribution in [0.5, 0.6) is 5.75 Å². The van der Waals surface area contributed by atoms with Crippen molar-refractivity contribution in [1.82, 2.24) is 10.2 Å². The third-order valence-corrected chi connectivity index (χ3v) is 5.21. The van der Waals surface area contributed by atoms with E-state index in [2.05, 4.69) is 10.2 Å². The molecular formula is C23H26F2N2O3. The molecule has 30 heavy (non-hydrogen) atoms. The summed E-state index contributed by atoms with van der Waals surface area (Å²) < 4.78 is 31.9. The average molecular weight is 416 g/mol. The summed E-state index contributed by atoms with van der Waals surface area (Å²) in [6, 6.07) is 10.8. The van der Waals surface area contributed by atoms with E-state index in [1.54, 1.807) is 30.3 Å². The van der Waals surface area contributed by atoms with Gasteiger partial charge in [-0.05, 0) is 54.8 Å². The molecule has 1 aliphatic rings. The minimum Gasteiger partial charge on any atom is -0.484 e. The predicted molar refractivity (Wildman–Crippen MR) is 109 cm³/mol. The largest absolute Gasteiger partial charge is 0.484 e. The molecule has 0 atom stereocenters. The lowest BCUT2D eigenvalue weighted by Crippen LogP contribution is -2.45. The normalized spacial score (nSPS) is 15.0. The number of hydrogen-bond donors (Lipinski definition) is 1. The van der Waals surface area contributed by atoms with Crippen LogP contribution < -0.4 is 10.1 Å². The summed E-state index contributed by atoms with van der Waals surface area (Å²) in [4.78, 5) is 26.0. The zero-order valence-corrected chi connectivity index (χ0v) is 17.0. The van der Waals surface area contributed by atoms with E-state index >= 15 is 0 Å². The quantitative estimate of drug-likeness (QED) is 0.667. The van der Waals surface area contributed by atoms with E-state index in [9.17, 15) is 18.4 Å². The number of likely N-dealkylation sites (tertiary alicyclic amines) is 1. The molecule has 2 aromatic carbocycles. The molecule has 1 fully saturated rings. The number of ketones is 1. The van der Waals surface area contributed by atoms with Gasteiger partial charge in [-0.3, -0.25) is 14.5 Å². The fourth-order valence-electron chi connectivity index (χ4n) is 3.49. The summed E-state index contributed by atoms with van der Waals surface area (Å²) >= 11 is 0. The first-order valence-electron chi connectivity index (χ1n) is 10.2. The van der Waals surface area contributed by atoms with Crippen molar-refractivity contribution in [3.05, 3.63) is 65.2 Å². The predicted octanol–water partition coefficient (Wildman–Crippen LogP) is 3.72. The molecular weight excluding hydrogens is 390 g/mol. The fourth-order valence-corrected chi connectivity index (χ4v) is 3.49. The molecule has 0 bridgehead atoms. The molecule has 0 aromatic heterocycles. The molecule has 2 aromatic rings. The highest BCUT2D eigenvalue weighted by atomic mass is 19.2. The van der Waals surface area contributed by atoms with E-state index in [0.717, 1.165) is 37.6 Å². The van der Waals surface area contributed by atoms with Crippen LogP contribution in [-0.4, -0.2) is 42.3 Å². The Hall–Kier alpha value is -2.80. The first-order chi connectivity index (χ1) is 14.4. The van der Waals surface area contributed by atoms with Crippen molar-refractivity contribution in [3.8, 4) is 5.75 Å². The van der Waals surface area contributed by atoms with Gasteiger partial charge in [0.1, 0.15) is 5.75 Å². The Morgan fingerprint density at radius 1 is 1.07 bits per heavy atom. The molecule has 1 saturated heterocycles. The molecule has 0 unspecified atom stereocenters. The number of benzene rings is 2. The van der Waals surface area contributed by atoms with E-state index in [4.69, 9.17) is 4.74 Å². The second-order valence-corrected chi connectivity index (χ2v) is 7.46. The van der Waals surface area contributed by atoms with Gasteiger partial charge in [-0.25, -0.2) is 8.78 Å². The van der Waals surface area contributed by atoms with Crippen LogP contribution in [-0.2, 0) is 11.3 Å². The Balaban J connectivity index is 1.38. The van der Waals surface area contributed by atoms with Gasteiger partial charge in [-0.1, -0.05) is 13.0 Å². The molecule has 1 amide bonds. The number of halogens is 2. The Kier molecular flexibility index (Phi) is 7.52. The van der Waals surface area contributed by atoms with Gasteiger partial charge < -0.3 is 10.1 Å². The van der Waals surface area contributed by atoms with Gasteiger partial charge in [0.2, 0.25) is 0 Å². The van der Waals surface area contributed by atoms with E-state index < -0.39 is 11.6 Å². The van der Waals surface area contributed by atoms with Crippen molar-refractivity contribution in [3.63, 3.8) is 0 Å². The van der Waals surface area contributed by atoms with Gasteiger partial charge in [0, 0.05) is 37.7 Å². The summed E-state index contributed by atoms with van der Waals surface area (Å²) in [6.45, 7) is 3.80. The number of carbonyl (C=O) groups excluding carboxylic acids is 2. The smallest absolute Gasteiger partial charge is 0.258 e. The zero-order valence-electron chi connectivity index (χ0n) is 17.0. The maximum absolute atomic E-state index is 13.3. The summed E-state index contributed by atoms with van der Waals surface area (Å²) in [7, 11) is 0. The molecule has 0 spiro atoms. The Morgan fingerprint density at radius 2 is 1.77 bits per heavy atom. The third kappa shape index (κ3) is 6.10. The number of ether oxygens (including phenoxy) is 1. The number of rotatable bonds is 8. The summed E-state index contributed by atoms with van der Waals surface area (Å²) in [6.07, 6.45) is 2.01. The summed E-state index contributed by atoms with van der Waals surface area (Å²) in [5.41, 5.74) is 1.36. The Morgan fingerprint density at radius 3 is 2.40 bits per heavy atom. The number of carbonyl (C=O) groups is 2. The van der Waals surface area contributed by atoms with Crippen LogP contribution >= 0.6 is 0 Å². The maximum atomic E-state index is 13.3. The van der Waals surface area contributed by atoms with E-state index in [1.807, 2.05) is 6.92 Å². The number of Topliss-reactive ketones (excluding diaryl/α,β-unsaturated/α-hetero) is 1. The van der Waals surface area contributed by atoms with E-state index in [-0.39, 0.29) is 24.3 Å². The number of nitrogens with zero attached hydrogens (tertiary/aromatic N) is 1. The molecule has 0 radical (unpaired) electrons. The number of nitrogens with one attached hydrogen (secondary N) is 1. The van der Waals surface area contributed by atoms with Crippen LogP contribution in [0, 0.1) is 11.6 Å². The van der Waals surface area contributed by atoms with Crippen molar-refractivity contribution in [2.45, 2.75) is 38.8 Å². The van der Waals surface area contributed by atoms with Gasteiger partial charge in [0.25, 0.3) is 5.91 Å². The van der Waals surface area contributed by atoms with Crippen LogP contribution in [0.2, 0.25) is 0 Å². The lowest BCUT2D eigenvalue weighted by atomic mass is 10.0. The minimum atomic E-state index is -0.840. The van der Waals surface area contributed by atoms with Crippen molar-refractivity contribution in [1.29, 1.82) is 0 Å². The fraction of sp³-hybridized carbons (Fsp3) is 0.391. The van der Waals surface area contributed by atoms with Gasteiger partial charge in [-0.15, -0.1) is 0 Å². The highest BCUT2D eigenvalue weighted by Crippen LogP contribution is 2.16. The first kappa shape index (κ1) is 21.9. The molecule has 5 nitrogen and oxygen atoms in total. The van der Waals surface area contributed by atoms with Crippen LogP contribution in [0.3, 0.4) is 0 Å². The lowest BCUT2D eigenvalue weighted by Gasteiger charge is -2.32. The van der Waals surface area contributed by atoms with E-state index in [0.29, 0.717) is 24.3 Å². The average Bonchev–Trinajstić information content (AvgIpc) is 2.76. The molecule has 1 heterocycles. The highest BCUT2D eigenvalue weighted by Gasteiger charge is 2.21. The van der Waals surface area contributed by atoms with Crippen LogP contribution in [0.25, 0.3) is 0 Å². The van der Waals surface area contributed by atoms with Crippen molar-refractivity contribution in [2.75, 3.05) is 19.7 Å². The van der Waals surface area contributed by atoms with Crippen LogP contribution in [0.1, 0.15) is 42.1 Å². The van der Waals surface area contributed by atoms with Gasteiger partial charge in [-0.2, -0.15) is 0 Å². The monoisotopic (exact) mass is 416 g/mol. The van der Waals surface area contributed by atoms with Crippen molar-refractivity contribution in [2.24, 2.45) is 0 Å². The molecule has 7 heteroatoms. The topological polar surface area (TPSA) is 58.6 Å². The SMILES string of the molecule is CCC(=O)c1ccc(OCC(=O)NC2CCN(Cc3ccc(F)c(F)c3)CC2)cc1. The van der Waals surface area contributed by atoms with Crippen molar-refractivity contribution < 1.29 is 23.1 Å². The summed E-state index contributed by atoms with van der Waals surface area (Å²) in [5.74, 6) is -1.26. The number of piperidine rings is 1. The molecule has 1 aliphatic heterocycles. The Bertz CT molecular complexity index is 879.